The molecule has 0 spiro atoms. The van der Waals surface area contributed by atoms with Gasteiger partial charge in [0.1, 0.15) is 0 Å². The molecule has 0 saturated carbocycles. The molecule has 6 rings (SSSR count). The minimum absolute atomic E-state index is 0.148. The number of rotatable bonds is 11. The number of carboxylic acid groups (broad SMARTS) is 1. The Bertz CT molecular complexity index is 2100. The predicted octanol–water partition coefficient (Wildman–Crippen LogP) is 9.78. The lowest BCUT2D eigenvalue weighted by atomic mass is 9.98. The molecule has 50 heavy (non-hydrogen) atoms. The van der Waals surface area contributed by atoms with Gasteiger partial charge in [-0.1, -0.05) is 138 Å². The number of benzene rings is 6. The zero-order chi connectivity index (χ0) is 35.0. The lowest BCUT2D eigenvalue weighted by Crippen LogP contribution is -2.35. The van der Waals surface area contributed by atoms with Gasteiger partial charge in [-0.15, -0.1) is 0 Å². The van der Waals surface area contributed by atoms with Crippen molar-refractivity contribution in [3.8, 4) is 22.3 Å². The zero-order valence-corrected chi connectivity index (χ0v) is 28.2. The average molecular weight is 679 g/mol. The smallest absolute Gasteiger partial charge is 0.305 e. The average Bonchev–Trinajstić information content (AvgIpc) is 3.15. The van der Waals surface area contributed by atoms with Gasteiger partial charge in [0.05, 0.1) is 30.3 Å². The lowest BCUT2D eigenvalue weighted by molar-refractivity contribution is -0.137. The number of nitrogens with zero attached hydrogens (tertiary/aromatic N) is 1. The predicted molar refractivity (Wildman–Crippen MR) is 199 cm³/mol. The fourth-order valence-corrected chi connectivity index (χ4v) is 6.03. The Balaban J connectivity index is 1.34. The van der Waals surface area contributed by atoms with Crippen molar-refractivity contribution in [2.24, 2.45) is 0 Å². The van der Waals surface area contributed by atoms with E-state index < -0.39 is 17.9 Å². The van der Waals surface area contributed by atoms with E-state index in [0.717, 1.165) is 33.4 Å². The van der Waals surface area contributed by atoms with Gasteiger partial charge in [0, 0.05) is 10.6 Å². The van der Waals surface area contributed by atoms with Crippen molar-refractivity contribution in [2.75, 3.05) is 4.90 Å². The molecule has 1 atom stereocenters. The first kappa shape index (κ1) is 33.9. The first-order valence-corrected chi connectivity index (χ1v) is 16.6. The highest BCUT2D eigenvalue weighted by Gasteiger charge is 2.26. The van der Waals surface area contributed by atoms with E-state index in [4.69, 9.17) is 11.6 Å². The van der Waals surface area contributed by atoms with Gasteiger partial charge in [-0.3, -0.25) is 14.4 Å². The maximum atomic E-state index is 14.3. The molecule has 248 valence electrons. The summed E-state index contributed by atoms with van der Waals surface area (Å²) in [5.74, 6) is -1.92. The summed E-state index contributed by atoms with van der Waals surface area (Å²) in [4.78, 5) is 42.0. The van der Waals surface area contributed by atoms with Crippen LogP contribution in [-0.4, -0.2) is 22.9 Å². The van der Waals surface area contributed by atoms with Crippen LogP contribution in [0.5, 0.6) is 0 Å². The number of aliphatic carboxylic acids is 1. The highest BCUT2D eigenvalue weighted by Crippen LogP contribution is 2.30. The van der Waals surface area contributed by atoms with Crippen molar-refractivity contribution >= 4 is 35.1 Å². The van der Waals surface area contributed by atoms with Gasteiger partial charge in [-0.25, -0.2) is 0 Å². The fourth-order valence-electron chi connectivity index (χ4n) is 5.86. The van der Waals surface area contributed by atoms with Crippen LogP contribution in [-0.2, 0) is 11.3 Å². The number of halogens is 1. The molecule has 0 fully saturated rings. The summed E-state index contributed by atoms with van der Waals surface area (Å²) < 4.78 is 0. The van der Waals surface area contributed by atoms with Crippen molar-refractivity contribution in [1.82, 2.24) is 5.32 Å². The number of aryl methyl sites for hydroxylation is 1. The third-order valence-corrected chi connectivity index (χ3v) is 8.78. The minimum Gasteiger partial charge on any atom is -0.481 e. The molecule has 1 unspecified atom stereocenters. The molecule has 2 amide bonds. The number of carbonyl (C=O) groups is 3. The van der Waals surface area contributed by atoms with Gasteiger partial charge in [0.15, 0.2) is 0 Å². The van der Waals surface area contributed by atoms with Crippen molar-refractivity contribution in [3.63, 3.8) is 0 Å². The van der Waals surface area contributed by atoms with Gasteiger partial charge in [0.25, 0.3) is 11.8 Å². The van der Waals surface area contributed by atoms with Crippen molar-refractivity contribution in [3.05, 3.63) is 184 Å². The maximum absolute atomic E-state index is 14.3. The standard InChI is InChI=1S/C43H35ClN2O4/c1-29-12-14-30(15-13-29)28-46(43(50)36-22-18-34(19-23-36)32-10-6-3-7-11-32)40-25-24-37(44)26-38(40)42(49)45-39(27-41(47)48)35-20-16-33(17-21-35)31-8-4-2-5-9-31/h2-26,39H,27-28H2,1H3,(H,45,49)(H,47,48). The highest BCUT2D eigenvalue weighted by molar-refractivity contribution is 6.31. The van der Waals surface area contributed by atoms with Gasteiger partial charge < -0.3 is 15.3 Å². The molecular weight excluding hydrogens is 644 g/mol. The Labute approximate surface area is 296 Å². The van der Waals surface area contributed by atoms with Gasteiger partial charge >= 0.3 is 5.97 Å². The molecule has 0 bridgehead atoms. The first-order chi connectivity index (χ1) is 24.2. The topological polar surface area (TPSA) is 86.7 Å². The summed E-state index contributed by atoms with van der Waals surface area (Å²) in [5, 5.41) is 13.0. The molecule has 0 heterocycles. The van der Waals surface area contributed by atoms with Crippen LogP contribution in [0.4, 0.5) is 5.69 Å². The van der Waals surface area contributed by atoms with E-state index >= 15 is 0 Å². The van der Waals surface area contributed by atoms with E-state index in [0.29, 0.717) is 21.8 Å². The Kier molecular flexibility index (Phi) is 10.5. The Hall–Kier alpha value is -5.98. The molecule has 0 radical (unpaired) electrons. The third kappa shape index (κ3) is 8.17. The van der Waals surface area contributed by atoms with Crippen molar-refractivity contribution in [2.45, 2.75) is 25.9 Å². The lowest BCUT2D eigenvalue weighted by Gasteiger charge is -2.27. The number of carboxylic acids is 1. The Morgan fingerprint density at radius 1 is 0.680 bits per heavy atom. The van der Waals surface area contributed by atoms with Crippen LogP contribution in [0.15, 0.2) is 152 Å². The molecule has 0 aliphatic heterocycles. The summed E-state index contributed by atoms with van der Waals surface area (Å²) >= 11 is 6.45. The van der Waals surface area contributed by atoms with Gasteiger partial charge in [-0.2, -0.15) is 0 Å². The number of anilines is 1. The second-order valence-corrected chi connectivity index (χ2v) is 12.5. The number of hydrogen-bond donors (Lipinski definition) is 2. The van der Waals surface area contributed by atoms with Crippen molar-refractivity contribution < 1.29 is 19.5 Å². The second-order valence-electron chi connectivity index (χ2n) is 12.1. The molecule has 6 aromatic rings. The summed E-state index contributed by atoms with van der Waals surface area (Å²) in [6.07, 6.45) is -0.341. The molecule has 7 heteroatoms. The van der Waals surface area contributed by atoms with Crippen LogP contribution in [0.3, 0.4) is 0 Å². The van der Waals surface area contributed by atoms with Crippen LogP contribution >= 0.6 is 11.6 Å². The van der Waals surface area contributed by atoms with E-state index in [2.05, 4.69) is 5.32 Å². The Morgan fingerprint density at radius 2 is 1.22 bits per heavy atom. The number of nitrogens with one attached hydrogen (secondary N) is 1. The molecule has 6 nitrogen and oxygen atoms in total. The largest absolute Gasteiger partial charge is 0.481 e. The molecular formula is C43H35ClN2O4. The van der Waals surface area contributed by atoms with E-state index in [-0.39, 0.29) is 24.4 Å². The Morgan fingerprint density at radius 3 is 1.78 bits per heavy atom. The van der Waals surface area contributed by atoms with Crippen LogP contribution in [0, 0.1) is 6.92 Å². The van der Waals surface area contributed by atoms with E-state index in [1.807, 2.05) is 128 Å². The molecule has 0 saturated heterocycles. The number of hydrogen-bond acceptors (Lipinski definition) is 3. The van der Waals surface area contributed by atoms with E-state index in [9.17, 15) is 19.5 Å². The second kappa shape index (κ2) is 15.5. The van der Waals surface area contributed by atoms with Crippen LogP contribution in [0.25, 0.3) is 22.3 Å². The normalized spacial score (nSPS) is 11.4. The number of amides is 2. The monoisotopic (exact) mass is 678 g/mol. The van der Waals surface area contributed by atoms with Crippen LogP contribution in [0.2, 0.25) is 5.02 Å². The van der Waals surface area contributed by atoms with Crippen LogP contribution in [0.1, 0.15) is 49.9 Å². The third-order valence-electron chi connectivity index (χ3n) is 8.54. The minimum atomic E-state index is -1.07. The van der Waals surface area contributed by atoms with E-state index in [1.54, 1.807) is 29.2 Å². The first-order valence-electron chi connectivity index (χ1n) is 16.3. The molecule has 2 N–H and O–H groups in total. The van der Waals surface area contributed by atoms with Gasteiger partial charge in [0.2, 0.25) is 0 Å². The summed E-state index contributed by atoms with van der Waals surface area (Å²) in [6, 6.07) is 46.4. The van der Waals surface area contributed by atoms with Crippen LogP contribution < -0.4 is 10.2 Å². The number of carbonyl (C=O) groups excluding carboxylic acids is 2. The molecule has 0 aromatic heterocycles. The fraction of sp³-hybridized carbons (Fsp3) is 0.0930. The summed E-state index contributed by atoms with van der Waals surface area (Å²) in [5.41, 5.74) is 7.52. The molecule has 6 aromatic carbocycles. The summed E-state index contributed by atoms with van der Waals surface area (Å²) in [7, 11) is 0. The molecule has 0 aliphatic rings. The summed E-state index contributed by atoms with van der Waals surface area (Å²) in [6.45, 7) is 2.17. The highest BCUT2D eigenvalue weighted by atomic mass is 35.5. The quantitative estimate of drug-likeness (QED) is 0.143. The SMILES string of the molecule is Cc1ccc(CN(C(=O)c2ccc(-c3ccccc3)cc2)c2ccc(Cl)cc2C(=O)NC(CC(=O)O)c2ccc(-c3ccccc3)cc2)cc1. The zero-order valence-electron chi connectivity index (χ0n) is 27.4. The van der Waals surface area contributed by atoms with Gasteiger partial charge in [-0.05, 0) is 70.6 Å². The maximum Gasteiger partial charge on any atom is 0.305 e. The molecule has 0 aliphatic carbocycles. The van der Waals surface area contributed by atoms with Crippen molar-refractivity contribution in [1.29, 1.82) is 0 Å². The van der Waals surface area contributed by atoms with E-state index in [1.165, 1.54) is 6.07 Å².